The minimum Gasteiger partial charge on any atom is -0.382 e. The number of benzene rings is 1. The summed E-state index contributed by atoms with van der Waals surface area (Å²) in [6.07, 6.45) is 2.20. The number of anilines is 1. The zero-order valence-corrected chi connectivity index (χ0v) is 18.7. The average molecular weight is 492 g/mol. The van der Waals surface area contributed by atoms with Crippen LogP contribution in [0, 0.1) is 0 Å². The molecule has 0 spiro atoms. The Morgan fingerprint density at radius 1 is 0.970 bits per heavy atom. The molecule has 2 aromatic heterocycles. The van der Waals surface area contributed by atoms with E-state index < -0.39 is 36.2 Å². The summed E-state index contributed by atoms with van der Waals surface area (Å²) in [5.74, 6) is 0.208. The van der Waals surface area contributed by atoms with Gasteiger partial charge in [0.05, 0.1) is 10.1 Å². The molecule has 0 radical (unpaired) electrons. The molecular weight excluding hydrogens is 470 g/mol. The van der Waals surface area contributed by atoms with Gasteiger partial charge in [-0.3, -0.25) is 4.98 Å². The Bertz CT molecular complexity index is 1470. The number of sulfone groups is 1. The fourth-order valence-corrected chi connectivity index (χ4v) is 7.22. The van der Waals surface area contributed by atoms with Gasteiger partial charge in [0.15, 0.2) is 9.84 Å². The van der Waals surface area contributed by atoms with E-state index in [-0.39, 0.29) is 29.4 Å². The molecule has 33 heavy (non-hydrogen) atoms. The quantitative estimate of drug-likeness (QED) is 0.215. The molecule has 0 bridgehead atoms. The summed E-state index contributed by atoms with van der Waals surface area (Å²) < 4.78 is 52.3. The van der Waals surface area contributed by atoms with E-state index in [1.54, 1.807) is 24.4 Å². The van der Waals surface area contributed by atoms with Crippen molar-refractivity contribution in [2.45, 2.75) is 21.2 Å². The number of aromatic nitrogens is 2. The average Bonchev–Trinajstić information content (AvgIpc) is 3.26. The van der Waals surface area contributed by atoms with E-state index in [1.165, 1.54) is 12.3 Å². The molecule has 13 nitrogen and oxygen atoms in total. The lowest BCUT2D eigenvalue weighted by Gasteiger charge is -2.29. The van der Waals surface area contributed by atoms with Gasteiger partial charge in [-0.1, -0.05) is 12.1 Å². The molecule has 0 saturated carbocycles. The van der Waals surface area contributed by atoms with Crippen LogP contribution < -0.4 is 38.1 Å². The van der Waals surface area contributed by atoms with E-state index in [1.807, 2.05) is 0 Å². The first-order chi connectivity index (χ1) is 15.7. The Labute approximate surface area is 189 Å². The highest BCUT2D eigenvalue weighted by atomic mass is 32.2. The van der Waals surface area contributed by atoms with Gasteiger partial charge < -0.3 is 11.1 Å². The highest BCUT2D eigenvalue weighted by Crippen LogP contribution is 2.40. The van der Waals surface area contributed by atoms with Crippen LogP contribution in [0.1, 0.15) is 11.7 Å². The third kappa shape index (κ3) is 3.64. The van der Waals surface area contributed by atoms with Gasteiger partial charge in [-0.2, -0.15) is 11.1 Å². The molecule has 0 amide bonds. The molecule has 2 aliphatic rings. The molecule has 4 heterocycles. The van der Waals surface area contributed by atoms with Gasteiger partial charge in [-0.15, -0.1) is 0 Å². The van der Waals surface area contributed by atoms with Crippen LogP contribution in [0.2, 0.25) is 0 Å². The van der Waals surface area contributed by atoms with Crippen molar-refractivity contribution in [2.75, 3.05) is 18.8 Å². The van der Waals surface area contributed by atoms with Crippen LogP contribution in [0.15, 0.2) is 46.5 Å². The molecular formula is C18H21N9O4S2. The second kappa shape index (κ2) is 7.93. The lowest BCUT2D eigenvalue weighted by molar-refractivity contribution is 0.491. The highest BCUT2D eigenvalue weighted by molar-refractivity contribution is 7.94. The van der Waals surface area contributed by atoms with E-state index in [2.05, 4.69) is 37.2 Å². The molecule has 174 valence electrons. The first kappa shape index (κ1) is 22.1. The summed E-state index contributed by atoms with van der Waals surface area (Å²) in [5, 5.41) is 8.38. The Morgan fingerprint density at radius 2 is 1.70 bits per heavy atom. The number of sulfonamides is 1. The number of hydrogen-bond donors (Lipinski definition) is 7. The number of nitrogens with two attached hydrogens (primary N) is 2. The molecule has 15 heteroatoms. The lowest BCUT2D eigenvalue weighted by atomic mass is 9.96. The van der Waals surface area contributed by atoms with Crippen molar-refractivity contribution >= 4 is 36.6 Å². The first-order valence-corrected chi connectivity index (χ1v) is 12.9. The number of rotatable bonds is 5. The van der Waals surface area contributed by atoms with Gasteiger partial charge in [0.2, 0.25) is 10.0 Å². The molecule has 2 fully saturated rings. The smallest absolute Gasteiger partial charge is 0.239 e. The second-order valence-electron chi connectivity index (χ2n) is 7.65. The van der Waals surface area contributed by atoms with Crippen LogP contribution in [-0.4, -0.2) is 45.1 Å². The van der Waals surface area contributed by atoms with Crippen molar-refractivity contribution in [3.05, 3.63) is 42.2 Å². The minimum atomic E-state index is -4.49. The SMILES string of the molecule is Nc1ncc(-c2ccc(S(=O)(=O)C3CNC3)c(S(N)(=O)=O)c2C2NNNN2)c2cccnc12. The number of nitrogen functional groups attached to an aromatic ring is 1. The zero-order valence-electron chi connectivity index (χ0n) is 17.0. The number of nitrogens with one attached hydrogen (secondary N) is 5. The summed E-state index contributed by atoms with van der Waals surface area (Å²) in [5.41, 5.74) is 18.3. The van der Waals surface area contributed by atoms with Gasteiger partial charge >= 0.3 is 0 Å². The summed E-state index contributed by atoms with van der Waals surface area (Å²) in [4.78, 5) is 7.64. The molecule has 2 aliphatic heterocycles. The Balaban J connectivity index is 1.87. The number of fused-ring (bicyclic) bond motifs is 1. The van der Waals surface area contributed by atoms with Crippen molar-refractivity contribution < 1.29 is 16.8 Å². The molecule has 3 aromatic rings. The molecule has 1 aromatic carbocycles. The van der Waals surface area contributed by atoms with Crippen LogP contribution in [-0.2, 0) is 19.9 Å². The Morgan fingerprint density at radius 3 is 2.33 bits per heavy atom. The number of nitrogens with zero attached hydrogens (tertiary/aromatic N) is 2. The van der Waals surface area contributed by atoms with Crippen LogP contribution in [0.5, 0.6) is 0 Å². The summed E-state index contributed by atoms with van der Waals surface area (Å²) >= 11 is 0. The molecule has 0 unspecified atom stereocenters. The lowest BCUT2D eigenvalue weighted by Crippen LogP contribution is -2.51. The third-order valence-corrected chi connectivity index (χ3v) is 8.98. The van der Waals surface area contributed by atoms with Crippen molar-refractivity contribution in [1.82, 2.24) is 37.2 Å². The minimum absolute atomic E-state index is 0.111. The predicted molar refractivity (Wildman–Crippen MR) is 120 cm³/mol. The normalized spacial score (nSPS) is 18.0. The summed E-state index contributed by atoms with van der Waals surface area (Å²) in [7, 11) is -8.47. The number of hydrazine groups is 3. The van der Waals surface area contributed by atoms with Crippen molar-refractivity contribution in [3.63, 3.8) is 0 Å². The van der Waals surface area contributed by atoms with Crippen molar-refractivity contribution in [3.8, 4) is 11.1 Å². The number of primary sulfonamides is 1. The van der Waals surface area contributed by atoms with Gasteiger partial charge in [-0.05, 0) is 17.7 Å². The molecule has 9 N–H and O–H groups in total. The predicted octanol–water partition coefficient (Wildman–Crippen LogP) is -1.61. The van der Waals surface area contributed by atoms with Crippen LogP contribution in [0.25, 0.3) is 22.0 Å². The van der Waals surface area contributed by atoms with Crippen LogP contribution in [0.4, 0.5) is 5.82 Å². The van der Waals surface area contributed by atoms with Crippen molar-refractivity contribution in [2.24, 2.45) is 5.14 Å². The Kier molecular flexibility index (Phi) is 5.30. The topological polar surface area (TPSA) is 206 Å². The number of hydrogen-bond acceptors (Lipinski definition) is 12. The third-order valence-electron chi connectivity index (χ3n) is 5.68. The fraction of sp³-hybridized carbons (Fsp3) is 0.222. The van der Waals surface area contributed by atoms with E-state index in [0.717, 1.165) is 0 Å². The van der Waals surface area contributed by atoms with Crippen LogP contribution in [0.3, 0.4) is 0 Å². The summed E-state index contributed by atoms with van der Waals surface area (Å²) in [6.45, 7) is 0.454. The molecule has 0 atom stereocenters. The van der Waals surface area contributed by atoms with E-state index >= 15 is 0 Å². The van der Waals surface area contributed by atoms with Gasteiger partial charge in [0.25, 0.3) is 0 Å². The van der Waals surface area contributed by atoms with Gasteiger partial charge in [0, 0.05) is 42.0 Å². The summed E-state index contributed by atoms with van der Waals surface area (Å²) in [6, 6.07) is 6.31. The monoisotopic (exact) mass is 491 g/mol. The van der Waals surface area contributed by atoms with Crippen LogP contribution >= 0.6 is 0 Å². The van der Waals surface area contributed by atoms with Crippen molar-refractivity contribution in [1.29, 1.82) is 0 Å². The standard InChI is InChI=1S/C18H21N9O4S2/c19-17-15-11(2-1-5-22-15)12(8-23-17)10-3-4-13(32(28,29)9-6-21-7-9)16(33(20,30)31)14(10)18-24-26-27-25-18/h1-5,8-9,18,21,24-27H,6-7H2,(H2,19,23)(H2,20,30,31). The van der Waals surface area contributed by atoms with E-state index in [0.29, 0.717) is 22.0 Å². The maximum Gasteiger partial charge on any atom is 0.239 e. The number of pyridine rings is 2. The second-order valence-corrected chi connectivity index (χ2v) is 11.3. The molecule has 2 saturated heterocycles. The first-order valence-electron chi connectivity index (χ1n) is 9.84. The van der Waals surface area contributed by atoms with Gasteiger partial charge in [0.1, 0.15) is 22.4 Å². The zero-order chi connectivity index (χ0) is 23.4. The molecule has 5 rings (SSSR count). The van der Waals surface area contributed by atoms with E-state index in [4.69, 9.17) is 10.9 Å². The van der Waals surface area contributed by atoms with Gasteiger partial charge in [-0.25, -0.2) is 37.8 Å². The fourth-order valence-electron chi connectivity index (χ4n) is 3.98. The maximum absolute atomic E-state index is 13.3. The molecule has 0 aliphatic carbocycles. The van der Waals surface area contributed by atoms with E-state index in [9.17, 15) is 16.8 Å². The Hall–Kier alpha value is -2.76. The maximum atomic E-state index is 13.3. The largest absolute Gasteiger partial charge is 0.382 e. The highest BCUT2D eigenvalue weighted by Gasteiger charge is 2.39.